The molecular weight excluding hydrogens is 344 g/mol. The summed E-state index contributed by atoms with van der Waals surface area (Å²) in [6.45, 7) is 0.818. The molecule has 0 spiro atoms. The molecule has 0 bridgehead atoms. The molecule has 1 aliphatic heterocycles. The molecular formula is C17H13ClN4O3. The molecule has 0 saturated carbocycles. The highest BCUT2D eigenvalue weighted by atomic mass is 35.5. The smallest absolute Gasteiger partial charge is 0.276 e. The van der Waals surface area contributed by atoms with Gasteiger partial charge in [-0.25, -0.2) is 10.1 Å². The van der Waals surface area contributed by atoms with Gasteiger partial charge in [0.1, 0.15) is 6.26 Å². The van der Waals surface area contributed by atoms with Crippen LogP contribution in [0.1, 0.15) is 21.7 Å². The molecule has 3 aromatic rings. The molecule has 3 heterocycles. The quantitative estimate of drug-likeness (QED) is 0.760. The lowest BCUT2D eigenvalue weighted by Gasteiger charge is -2.26. The molecule has 2 aromatic heterocycles. The SMILES string of the molecule is O=C(c1coc(-c2ccccc2Cl)n1)N1CCc2n[nH]c(=O)cc2C1. The Balaban J connectivity index is 1.58. The number of hydrogen-bond acceptors (Lipinski definition) is 5. The topological polar surface area (TPSA) is 92.1 Å². The first-order valence-electron chi connectivity index (χ1n) is 7.69. The largest absolute Gasteiger partial charge is 0.444 e. The van der Waals surface area contributed by atoms with Crippen molar-refractivity contribution < 1.29 is 9.21 Å². The van der Waals surface area contributed by atoms with Gasteiger partial charge in [0.25, 0.3) is 11.5 Å². The van der Waals surface area contributed by atoms with E-state index in [9.17, 15) is 9.59 Å². The number of benzene rings is 1. The Morgan fingerprint density at radius 2 is 2.16 bits per heavy atom. The monoisotopic (exact) mass is 356 g/mol. The summed E-state index contributed by atoms with van der Waals surface area (Å²) in [5.74, 6) is 0.0393. The van der Waals surface area contributed by atoms with Crippen molar-refractivity contribution in [3.8, 4) is 11.5 Å². The summed E-state index contributed by atoms with van der Waals surface area (Å²) in [7, 11) is 0. The van der Waals surface area contributed by atoms with Gasteiger partial charge < -0.3 is 9.32 Å². The number of aromatic nitrogens is 3. The van der Waals surface area contributed by atoms with Crippen molar-refractivity contribution in [3.05, 3.63) is 68.9 Å². The second-order valence-electron chi connectivity index (χ2n) is 5.70. The summed E-state index contributed by atoms with van der Waals surface area (Å²) in [6.07, 6.45) is 1.90. The second kappa shape index (κ2) is 6.18. The van der Waals surface area contributed by atoms with Crippen molar-refractivity contribution in [2.24, 2.45) is 0 Å². The van der Waals surface area contributed by atoms with Crippen LogP contribution < -0.4 is 5.56 Å². The Morgan fingerprint density at radius 3 is 3.00 bits per heavy atom. The third-order valence-electron chi connectivity index (χ3n) is 4.07. The zero-order chi connectivity index (χ0) is 17.4. The number of amides is 1. The minimum atomic E-state index is -0.282. The van der Waals surface area contributed by atoms with Gasteiger partial charge in [0.2, 0.25) is 5.89 Å². The van der Waals surface area contributed by atoms with E-state index in [2.05, 4.69) is 15.2 Å². The molecule has 0 radical (unpaired) electrons. The first kappa shape index (κ1) is 15.6. The molecule has 0 aliphatic carbocycles. The van der Waals surface area contributed by atoms with Gasteiger partial charge in [-0.2, -0.15) is 5.10 Å². The number of fused-ring (bicyclic) bond motifs is 1. The van der Waals surface area contributed by atoms with Crippen LogP contribution in [-0.4, -0.2) is 32.5 Å². The van der Waals surface area contributed by atoms with Crippen molar-refractivity contribution in [3.63, 3.8) is 0 Å². The number of halogens is 1. The van der Waals surface area contributed by atoms with Crippen molar-refractivity contribution >= 4 is 17.5 Å². The Morgan fingerprint density at radius 1 is 1.32 bits per heavy atom. The van der Waals surface area contributed by atoms with Crippen molar-refractivity contribution in [2.75, 3.05) is 6.54 Å². The first-order valence-corrected chi connectivity index (χ1v) is 8.07. The predicted octanol–water partition coefficient (Wildman–Crippen LogP) is 2.28. The molecule has 0 unspecified atom stereocenters. The number of oxazole rings is 1. The number of carbonyl (C=O) groups is 1. The average molecular weight is 357 g/mol. The maximum Gasteiger partial charge on any atom is 0.276 e. The fraction of sp³-hybridized carbons (Fsp3) is 0.176. The summed E-state index contributed by atoms with van der Waals surface area (Å²) in [4.78, 5) is 30.0. The van der Waals surface area contributed by atoms with Gasteiger partial charge in [-0.3, -0.25) is 9.59 Å². The highest BCUT2D eigenvalue weighted by molar-refractivity contribution is 6.33. The summed E-state index contributed by atoms with van der Waals surface area (Å²) in [5.41, 5.74) is 2.10. The summed E-state index contributed by atoms with van der Waals surface area (Å²) in [5, 5.41) is 6.93. The van der Waals surface area contributed by atoms with Crippen LogP contribution >= 0.6 is 11.6 Å². The van der Waals surface area contributed by atoms with Crippen LogP contribution in [0.15, 0.2) is 45.8 Å². The number of carbonyl (C=O) groups excluding carboxylic acids is 1. The van der Waals surface area contributed by atoms with Crippen molar-refractivity contribution in [1.82, 2.24) is 20.1 Å². The van der Waals surface area contributed by atoms with Gasteiger partial charge in [0, 0.05) is 31.1 Å². The van der Waals surface area contributed by atoms with E-state index in [1.807, 2.05) is 12.1 Å². The van der Waals surface area contributed by atoms with Crippen molar-refractivity contribution in [2.45, 2.75) is 13.0 Å². The Bertz CT molecular complexity index is 1010. The molecule has 8 heteroatoms. The summed E-state index contributed by atoms with van der Waals surface area (Å²) >= 11 is 6.13. The molecule has 7 nitrogen and oxygen atoms in total. The normalized spacial score (nSPS) is 13.6. The van der Waals surface area contributed by atoms with E-state index in [0.29, 0.717) is 36.0 Å². The van der Waals surface area contributed by atoms with E-state index in [1.165, 1.54) is 12.3 Å². The molecule has 0 saturated heterocycles. The van der Waals surface area contributed by atoms with Crippen LogP contribution in [0, 0.1) is 0 Å². The molecule has 4 rings (SSSR count). The number of nitrogens with zero attached hydrogens (tertiary/aromatic N) is 3. The van der Waals surface area contributed by atoms with Gasteiger partial charge in [0.05, 0.1) is 16.3 Å². The number of H-pyrrole nitrogens is 1. The van der Waals surface area contributed by atoms with Crippen molar-refractivity contribution in [1.29, 1.82) is 0 Å². The molecule has 25 heavy (non-hydrogen) atoms. The molecule has 1 amide bonds. The second-order valence-corrected chi connectivity index (χ2v) is 6.11. The lowest BCUT2D eigenvalue weighted by molar-refractivity contribution is 0.0727. The van der Waals surface area contributed by atoms with Crippen LogP contribution in [0.3, 0.4) is 0 Å². The molecule has 0 fully saturated rings. The summed E-state index contributed by atoms with van der Waals surface area (Å²) < 4.78 is 5.42. The minimum absolute atomic E-state index is 0.205. The predicted molar refractivity (Wildman–Crippen MR) is 90.3 cm³/mol. The van der Waals surface area contributed by atoms with E-state index < -0.39 is 0 Å². The van der Waals surface area contributed by atoms with E-state index in [1.54, 1.807) is 17.0 Å². The fourth-order valence-corrected chi connectivity index (χ4v) is 3.03. The number of rotatable bonds is 2. The van der Waals surface area contributed by atoms with Crippen LogP contribution in [0.5, 0.6) is 0 Å². The highest BCUT2D eigenvalue weighted by Gasteiger charge is 2.25. The van der Waals surface area contributed by atoms with Gasteiger partial charge in [0.15, 0.2) is 5.69 Å². The van der Waals surface area contributed by atoms with Gasteiger partial charge >= 0.3 is 0 Å². The molecule has 1 N–H and O–H groups in total. The Kier molecular flexibility index (Phi) is 3.85. The third-order valence-corrected chi connectivity index (χ3v) is 4.40. The molecule has 1 aromatic carbocycles. The Labute approximate surface area is 147 Å². The number of nitrogens with one attached hydrogen (secondary N) is 1. The van der Waals surface area contributed by atoms with Crippen LogP contribution in [0.25, 0.3) is 11.5 Å². The van der Waals surface area contributed by atoms with E-state index in [-0.39, 0.29) is 17.2 Å². The first-order chi connectivity index (χ1) is 12.1. The molecule has 1 aliphatic rings. The fourth-order valence-electron chi connectivity index (χ4n) is 2.81. The number of aromatic amines is 1. The number of hydrogen-bond donors (Lipinski definition) is 1. The molecule has 126 valence electrons. The van der Waals surface area contributed by atoms with E-state index >= 15 is 0 Å². The zero-order valence-corrected chi connectivity index (χ0v) is 13.8. The highest BCUT2D eigenvalue weighted by Crippen LogP contribution is 2.27. The lowest BCUT2D eigenvalue weighted by Crippen LogP contribution is -2.37. The van der Waals surface area contributed by atoms with Gasteiger partial charge in [-0.15, -0.1) is 0 Å². The third kappa shape index (κ3) is 2.94. The van der Waals surface area contributed by atoms with E-state index in [0.717, 1.165) is 11.3 Å². The van der Waals surface area contributed by atoms with Crippen LogP contribution in [0.4, 0.5) is 0 Å². The van der Waals surface area contributed by atoms with Gasteiger partial charge in [-0.05, 0) is 12.1 Å². The van der Waals surface area contributed by atoms with E-state index in [4.69, 9.17) is 16.0 Å². The van der Waals surface area contributed by atoms with Gasteiger partial charge in [-0.1, -0.05) is 23.7 Å². The molecule has 0 atom stereocenters. The lowest BCUT2D eigenvalue weighted by atomic mass is 10.1. The maximum absolute atomic E-state index is 12.7. The maximum atomic E-state index is 12.7. The van der Waals surface area contributed by atoms with Crippen LogP contribution in [0.2, 0.25) is 5.02 Å². The standard InChI is InChI=1S/C17H13ClN4O3/c18-12-4-2-1-3-11(12)16-19-14(9-25-16)17(24)22-6-5-13-10(8-22)7-15(23)21-20-13/h1-4,7,9H,5-6,8H2,(H,21,23). The van der Waals surface area contributed by atoms with Crippen LogP contribution in [-0.2, 0) is 13.0 Å². The average Bonchev–Trinajstić information content (AvgIpc) is 3.10. The Hall–Kier alpha value is -2.93. The zero-order valence-electron chi connectivity index (χ0n) is 13.0. The minimum Gasteiger partial charge on any atom is -0.444 e. The summed E-state index contributed by atoms with van der Waals surface area (Å²) in [6, 6.07) is 8.60.